The molecule has 0 N–H and O–H groups in total. The smallest absolute Gasteiger partial charge is 0.308 e. The SMILES string of the molecule is CCN(C(=O)c1sc2nc(C(F)(F)F)ccc2c1C)c1ccc(F)c(F)c1. The molecule has 1 aromatic carbocycles. The number of halogens is 5. The van der Waals surface area contributed by atoms with E-state index in [1.54, 1.807) is 13.8 Å². The van der Waals surface area contributed by atoms with Crippen molar-refractivity contribution in [2.75, 3.05) is 11.4 Å². The van der Waals surface area contributed by atoms with E-state index in [2.05, 4.69) is 4.98 Å². The Morgan fingerprint density at radius 2 is 1.85 bits per heavy atom. The van der Waals surface area contributed by atoms with E-state index in [-0.39, 0.29) is 21.9 Å². The summed E-state index contributed by atoms with van der Waals surface area (Å²) in [5.74, 6) is -2.65. The van der Waals surface area contributed by atoms with Crippen molar-refractivity contribution >= 4 is 33.1 Å². The monoisotopic (exact) mass is 400 g/mol. The van der Waals surface area contributed by atoms with E-state index in [4.69, 9.17) is 0 Å². The van der Waals surface area contributed by atoms with Gasteiger partial charge in [0.05, 0.1) is 4.88 Å². The molecule has 3 aromatic rings. The summed E-state index contributed by atoms with van der Waals surface area (Å²) in [5.41, 5.74) is -0.396. The molecule has 2 heterocycles. The normalized spacial score (nSPS) is 11.8. The van der Waals surface area contributed by atoms with Crippen molar-refractivity contribution in [1.82, 2.24) is 4.98 Å². The van der Waals surface area contributed by atoms with Crippen LogP contribution in [-0.2, 0) is 6.18 Å². The topological polar surface area (TPSA) is 33.2 Å². The summed E-state index contributed by atoms with van der Waals surface area (Å²) < 4.78 is 65.2. The molecule has 0 aliphatic carbocycles. The van der Waals surface area contributed by atoms with Crippen LogP contribution in [0.4, 0.5) is 27.6 Å². The van der Waals surface area contributed by atoms with Crippen LogP contribution in [0.15, 0.2) is 30.3 Å². The first-order valence-electron chi connectivity index (χ1n) is 7.87. The highest BCUT2D eigenvalue weighted by Gasteiger charge is 2.33. The predicted molar refractivity (Wildman–Crippen MR) is 93.1 cm³/mol. The number of benzene rings is 1. The average molecular weight is 400 g/mol. The van der Waals surface area contributed by atoms with Crippen LogP contribution in [0.1, 0.15) is 27.9 Å². The molecule has 0 aliphatic heterocycles. The summed E-state index contributed by atoms with van der Waals surface area (Å²) in [7, 11) is 0. The lowest BCUT2D eigenvalue weighted by atomic mass is 10.1. The molecule has 2 aromatic heterocycles. The van der Waals surface area contributed by atoms with E-state index in [9.17, 15) is 26.7 Å². The molecule has 3 nitrogen and oxygen atoms in total. The van der Waals surface area contributed by atoms with Gasteiger partial charge in [-0.2, -0.15) is 13.2 Å². The number of aryl methyl sites for hydroxylation is 1. The summed E-state index contributed by atoms with van der Waals surface area (Å²) >= 11 is 0.838. The van der Waals surface area contributed by atoms with Gasteiger partial charge in [0.2, 0.25) is 0 Å². The maximum Gasteiger partial charge on any atom is 0.433 e. The van der Waals surface area contributed by atoms with Crippen LogP contribution in [0.2, 0.25) is 0 Å². The number of pyridine rings is 1. The molecule has 27 heavy (non-hydrogen) atoms. The van der Waals surface area contributed by atoms with Gasteiger partial charge in [0.1, 0.15) is 10.5 Å². The van der Waals surface area contributed by atoms with Crippen LogP contribution < -0.4 is 4.90 Å². The number of rotatable bonds is 3. The number of carbonyl (C=O) groups excluding carboxylic acids is 1. The van der Waals surface area contributed by atoms with Crippen LogP contribution in [0.3, 0.4) is 0 Å². The maximum atomic E-state index is 13.5. The van der Waals surface area contributed by atoms with Gasteiger partial charge in [0.25, 0.3) is 5.91 Å². The molecule has 9 heteroatoms. The highest BCUT2D eigenvalue weighted by Crippen LogP contribution is 2.35. The average Bonchev–Trinajstić information content (AvgIpc) is 2.94. The zero-order valence-electron chi connectivity index (χ0n) is 14.2. The van der Waals surface area contributed by atoms with Gasteiger partial charge >= 0.3 is 6.18 Å². The molecular weight excluding hydrogens is 387 g/mol. The first-order valence-corrected chi connectivity index (χ1v) is 8.69. The van der Waals surface area contributed by atoms with E-state index in [1.165, 1.54) is 17.0 Å². The van der Waals surface area contributed by atoms with Gasteiger partial charge in [-0.3, -0.25) is 4.79 Å². The maximum absolute atomic E-state index is 13.5. The number of nitrogens with zero attached hydrogens (tertiary/aromatic N) is 2. The van der Waals surface area contributed by atoms with Crippen LogP contribution in [-0.4, -0.2) is 17.4 Å². The summed E-state index contributed by atoms with van der Waals surface area (Å²) in [4.78, 5) is 18.0. The van der Waals surface area contributed by atoms with Crippen molar-refractivity contribution in [3.8, 4) is 0 Å². The fourth-order valence-electron chi connectivity index (χ4n) is 2.68. The number of hydrogen-bond donors (Lipinski definition) is 0. The molecule has 0 bridgehead atoms. The summed E-state index contributed by atoms with van der Waals surface area (Å²) in [6.45, 7) is 3.43. The van der Waals surface area contributed by atoms with Crippen molar-refractivity contribution in [1.29, 1.82) is 0 Å². The molecule has 0 spiro atoms. The van der Waals surface area contributed by atoms with Crippen molar-refractivity contribution in [3.05, 3.63) is 58.1 Å². The molecule has 142 valence electrons. The standard InChI is InChI=1S/C18H13F5N2OS/c1-3-25(10-4-6-12(19)13(20)8-10)17(26)15-9(2)11-5-7-14(18(21,22)23)24-16(11)27-15/h4-8H,3H2,1-2H3. The highest BCUT2D eigenvalue weighted by atomic mass is 32.1. The first kappa shape index (κ1) is 19.2. The van der Waals surface area contributed by atoms with E-state index in [1.807, 2.05) is 0 Å². The third-order valence-corrected chi connectivity index (χ3v) is 5.25. The lowest BCUT2D eigenvalue weighted by Gasteiger charge is -2.21. The fraction of sp³-hybridized carbons (Fsp3) is 0.222. The highest BCUT2D eigenvalue weighted by molar-refractivity contribution is 7.20. The zero-order chi connectivity index (χ0) is 19.9. The number of amides is 1. The van der Waals surface area contributed by atoms with Gasteiger partial charge in [0.15, 0.2) is 11.6 Å². The lowest BCUT2D eigenvalue weighted by Crippen LogP contribution is -2.30. The summed E-state index contributed by atoms with van der Waals surface area (Å²) in [5, 5.41) is 0.442. The Balaban J connectivity index is 2.05. The minimum atomic E-state index is -4.59. The van der Waals surface area contributed by atoms with E-state index in [0.29, 0.717) is 10.9 Å². The van der Waals surface area contributed by atoms with Crippen molar-refractivity contribution < 1.29 is 26.7 Å². The lowest BCUT2D eigenvalue weighted by molar-refractivity contribution is -0.140. The predicted octanol–water partition coefficient (Wildman–Crippen LogP) is 5.57. The molecule has 0 atom stereocenters. The molecule has 0 unspecified atom stereocenters. The quantitative estimate of drug-likeness (QED) is 0.539. The number of aromatic nitrogens is 1. The van der Waals surface area contributed by atoms with Crippen LogP contribution in [0.25, 0.3) is 10.2 Å². The summed E-state index contributed by atoms with van der Waals surface area (Å²) in [6, 6.07) is 5.22. The van der Waals surface area contributed by atoms with Crippen molar-refractivity contribution in [3.63, 3.8) is 0 Å². The second kappa shape index (κ2) is 6.88. The van der Waals surface area contributed by atoms with Crippen LogP contribution in [0, 0.1) is 18.6 Å². The van der Waals surface area contributed by atoms with Crippen LogP contribution >= 0.6 is 11.3 Å². The molecule has 3 rings (SSSR count). The number of thiophene rings is 1. The van der Waals surface area contributed by atoms with E-state index < -0.39 is 29.4 Å². The van der Waals surface area contributed by atoms with Gasteiger partial charge in [-0.1, -0.05) is 0 Å². The van der Waals surface area contributed by atoms with Crippen molar-refractivity contribution in [2.24, 2.45) is 0 Å². The minimum Gasteiger partial charge on any atom is -0.308 e. The Bertz CT molecular complexity index is 1030. The second-order valence-corrected chi connectivity index (χ2v) is 6.75. The van der Waals surface area contributed by atoms with E-state index in [0.717, 1.165) is 29.5 Å². The molecule has 0 radical (unpaired) electrons. The fourth-order valence-corrected chi connectivity index (χ4v) is 3.81. The number of carbonyl (C=O) groups is 1. The number of alkyl halides is 3. The molecule has 1 amide bonds. The first-order chi connectivity index (χ1) is 12.6. The van der Waals surface area contributed by atoms with Crippen LogP contribution in [0.5, 0.6) is 0 Å². The Morgan fingerprint density at radius 1 is 1.15 bits per heavy atom. The van der Waals surface area contributed by atoms with Gasteiger partial charge < -0.3 is 4.90 Å². The molecule has 0 fully saturated rings. The van der Waals surface area contributed by atoms with Crippen molar-refractivity contribution in [2.45, 2.75) is 20.0 Å². The van der Waals surface area contributed by atoms with E-state index >= 15 is 0 Å². The Morgan fingerprint density at radius 3 is 2.44 bits per heavy atom. The minimum absolute atomic E-state index is 0.0898. The zero-order valence-corrected chi connectivity index (χ0v) is 15.0. The Kier molecular flexibility index (Phi) is 4.90. The summed E-state index contributed by atoms with van der Waals surface area (Å²) in [6.07, 6.45) is -4.59. The molecule has 0 aliphatic rings. The van der Waals surface area contributed by atoms with Gasteiger partial charge in [-0.25, -0.2) is 13.8 Å². The second-order valence-electron chi connectivity index (χ2n) is 5.75. The Hall–Kier alpha value is -2.55. The Labute approximate surface area is 155 Å². The largest absolute Gasteiger partial charge is 0.433 e. The van der Waals surface area contributed by atoms with Gasteiger partial charge in [-0.15, -0.1) is 11.3 Å². The number of anilines is 1. The number of hydrogen-bond acceptors (Lipinski definition) is 3. The third-order valence-electron chi connectivity index (χ3n) is 4.06. The molecule has 0 saturated heterocycles. The third kappa shape index (κ3) is 3.51. The molecular formula is C18H13F5N2OS. The van der Waals surface area contributed by atoms with Gasteiger partial charge in [-0.05, 0) is 43.7 Å². The van der Waals surface area contributed by atoms with Gasteiger partial charge in [0, 0.05) is 23.7 Å². The number of fused-ring (bicyclic) bond motifs is 1. The molecule has 0 saturated carbocycles.